The molecule has 2 fully saturated rings. The van der Waals surface area contributed by atoms with Crippen LogP contribution in [-0.2, 0) is 26.2 Å². The van der Waals surface area contributed by atoms with Crippen molar-refractivity contribution in [2.75, 3.05) is 92.3 Å². The van der Waals surface area contributed by atoms with Crippen LogP contribution in [-0.4, -0.2) is 198 Å². The van der Waals surface area contributed by atoms with E-state index in [1.54, 1.807) is 55.4 Å². The van der Waals surface area contributed by atoms with Crippen LogP contribution >= 0.6 is 0 Å². The van der Waals surface area contributed by atoms with E-state index < -0.39 is 0 Å². The number of Topliss-reactive ketones (excluding diaryl/α,β-unsaturated/α-hetero) is 8. The molecular formula is C92H108N8O12. The molecule has 2 unspecified atom stereocenters. The summed E-state index contributed by atoms with van der Waals surface area (Å²) >= 11 is 0. The number of carbonyl (C=O) groups excluding carboxylic acids is 8. The summed E-state index contributed by atoms with van der Waals surface area (Å²) in [4.78, 5) is 102. The van der Waals surface area contributed by atoms with Crippen molar-refractivity contribution in [2.24, 2.45) is 5.92 Å². The fraction of sp³-hybridized carbons (Fsp3) is 0.391. The quantitative estimate of drug-likeness (QED) is 0.0216. The molecule has 2 aliphatic heterocycles. The third-order valence-corrected chi connectivity index (χ3v) is 22.2. The summed E-state index contributed by atoms with van der Waals surface area (Å²) in [5.74, 6) is 0.707. The lowest BCUT2D eigenvalue weighted by Crippen LogP contribution is -2.38. The summed E-state index contributed by atoms with van der Waals surface area (Å²) < 4.78 is 9.09. The number of nitrogens with zero attached hydrogens (tertiary/aromatic N) is 7. The minimum atomic E-state index is -0.202. The summed E-state index contributed by atoms with van der Waals surface area (Å²) in [6.45, 7) is 25.4. The number of aliphatic hydroxyl groups is 4. The smallest absolute Gasteiger partial charge is 0.159 e. The number of aromatic nitrogens is 4. The van der Waals surface area contributed by atoms with E-state index in [1.807, 2.05) is 153 Å². The summed E-state index contributed by atoms with van der Waals surface area (Å²) in [5.41, 5.74) is 14.1. The fourth-order valence-electron chi connectivity index (χ4n) is 16.1. The molecule has 4 aromatic heterocycles. The lowest BCUT2D eigenvalue weighted by Gasteiger charge is -2.31. The summed E-state index contributed by atoms with van der Waals surface area (Å²) in [6.07, 6.45) is 7.89. The van der Waals surface area contributed by atoms with Crippen LogP contribution in [0.5, 0.6) is 0 Å². The number of rotatable bonds is 29. The molecule has 2 atom stereocenters. The molecule has 0 bridgehead atoms. The van der Waals surface area contributed by atoms with Crippen molar-refractivity contribution in [1.82, 2.24) is 38.3 Å². The molecule has 0 aliphatic carbocycles. The first-order chi connectivity index (χ1) is 53.9. The molecule has 2 saturated heterocycles. The Morgan fingerprint density at radius 1 is 0.348 bits per heavy atom. The minimum absolute atomic E-state index is 0.0312. The zero-order chi connectivity index (χ0) is 80.0. The topological polar surface area (TPSA) is 259 Å². The summed E-state index contributed by atoms with van der Waals surface area (Å²) in [7, 11) is 2.00. The molecule has 14 rings (SSSR count). The van der Waals surface area contributed by atoms with Crippen molar-refractivity contribution in [1.29, 1.82) is 0 Å². The number of nitrogens with one attached hydrogen (secondary N) is 1. The SMILES string of the molecule is CC(=O)c1ccc2c(c1)c1cc(C(C)=O)ccc1n2CCCN(C)CCO.CC(=O)c1ccc2c(c1)c1cc(C(C)=O)ccc1n2CCCN1CCCC(CO)C1.CC(=O)c1ccc2c(c1)c1cc(C(C)=O)ccc1n2CCCN1CCCC(O)C1.CC(=O)c1ccc2c(c1)c1cc(C(C)=O)ccc1n2CCCNCCO. The van der Waals surface area contributed by atoms with Crippen LogP contribution < -0.4 is 5.32 Å². The molecule has 0 spiro atoms. The largest absolute Gasteiger partial charge is 0.396 e. The molecule has 20 heteroatoms. The number of likely N-dealkylation sites (N-methyl/N-ethyl adjacent to an activating group) is 1. The van der Waals surface area contributed by atoms with E-state index in [9.17, 15) is 48.6 Å². The monoisotopic (exact) mass is 1520 g/mol. The van der Waals surface area contributed by atoms with Gasteiger partial charge in [-0.1, -0.05) is 0 Å². The molecule has 6 heterocycles. The molecule has 0 saturated carbocycles. The number of hydrogen-bond donors (Lipinski definition) is 5. The van der Waals surface area contributed by atoms with Gasteiger partial charge in [0.15, 0.2) is 46.3 Å². The van der Waals surface area contributed by atoms with Gasteiger partial charge in [-0.05, 0) is 305 Å². The maximum Gasteiger partial charge on any atom is 0.159 e. The van der Waals surface area contributed by atoms with Crippen LogP contribution in [0.3, 0.4) is 0 Å². The predicted octanol–water partition coefficient (Wildman–Crippen LogP) is 15.0. The predicted molar refractivity (Wildman–Crippen MR) is 449 cm³/mol. The van der Waals surface area contributed by atoms with Crippen LogP contribution in [0.25, 0.3) is 87.2 Å². The molecule has 8 aromatic carbocycles. The van der Waals surface area contributed by atoms with Crippen LogP contribution in [0.2, 0.25) is 0 Å². The highest BCUT2D eigenvalue weighted by Gasteiger charge is 2.23. The van der Waals surface area contributed by atoms with E-state index in [2.05, 4.69) is 38.3 Å². The highest BCUT2D eigenvalue weighted by Crippen LogP contribution is 2.37. The number of fused-ring (bicyclic) bond motifs is 12. The number of β-amino-alcohol motifs (C(OH)–C–C–N with tert-alkyl or cyclic N) is 1. The van der Waals surface area contributed by atoms with Gasteiger partial charge < -0.3 is 58.7 Å². The van der Waals surface area contributed by atoms with Crippen LogP contribution in [0.1, 0.15) is 190 Å². The standard InChI is InChI=1S/C25H30N2O3.C24H28N2O3.C22H26N2O3.C21H24N2O3/c1-17(29)20-6-8-24-22(13-20)23-14-21(18(2)30)7-9-25(23)27(24)12-4-11-26-10-3-5-19(15-26)16-28;1-16(27)18-6-8-23-21(13-18)22-14-19(17(2)28)7-9-24(22)26(23)12-4-11-25-10-3-5-20(29)15-25;1-15(26)17-5-7-21-19(13-17)20-14-18(16(2)27)6-8-22(20)24(21)10-4-9-23(3)11-12-25;1-14(25)16-4-6-20-18(12-16)19-13-17(15(2)26)5-7-21(19)23(20)10-3-8-22-9-11-24/h6-9,13-14,19,28H,3-5,10-12,15-16H2,1-2H3;6-9,13-14,20,29H,3-5,10-12,15H2,1-2H3;5-8,13-14,25H,4,9-12H2,1-3H3;4-7,12-13,22,24H,3,8-11H2,1-2H3. The Morgan fingerprint density at radius 3 is 0.893 bits per heavy atom. The number of carbonyl (C=O) groups is 8. The maximum atomic E-state index is 11.9. The van der Waals surface area contributed by atoms with Gasteiger partial charge in [0.1, 0.15) is 0 Å². The number of aryl methyl sites for hydroxylation is 4. The van der Waals surface area contributed by atoms with Crippen molar-refractivity contribution in [3.8, 4) is 0 Å². The second-order valence-electron chi connectivity index (χ2n) is 30.4. The normalized spacial score (nSPS) is 14.8. The molecule has 0 radical (unpaired) electrons. The van der Waals surface area contributed by atoms with Gasteiger partial charge in [-0.15, -0.1) is 0 Å². The second kappa shape index (κ2) is 38.0. The lowest BCUT2D eigenvalue weighted by atomic mass is 9.99. The molecule has 2 aliphatic rings. The number of hydrogen-bond acceptors (Lipinski definition) is 16. The third kappa shape index (κ3) is 19.5. The summed E-state index contributed by atoms with van der Waals surface area (Å²) in [5, 5.41) is 48.5. The van der Waals surface area contributed by atoms with Gasteiger partial charge in [-0.3, -0.25) is 38.4 Å². The van der Waals surface area contributed by atoms with Crippen molar-refractivity contribution < 1.29 is 58.8 Å². The molecule has 112 heavy (non-hydrogen) atoms. The molecular weight excluding hydrogens is 1410 g/mol. The maximum absolute atomic E-state index is 11.9. The van der Waals surface area contributed by atoms with E-state index in [4.69, 9.17) is 10.2 Å². The van der Waals surface area contributed by atoms with Gasteiger partial charge in [0, 0.05) is 191 Å². The fourth-order valence-corrected chi connectivity index (χ4v) is 16.1. The van der Waals surface area contributed by atoms with Gasteiger partial charge in [-0.2, -0.15) is 0 Å². The van der Waals surface area contributed by atoms with Crippen LogP contribution in [0.4, 0.5) is 0 Å². The zero-order valence-electron chi connectivity index (χ0n) is 66.4. The Hall–Kier alpha value is -10.0. The minimum Gasteiger partial charge on any atom is -0.396 e. The molecule has 0 amide bonds. The molecule has 5 N–H and O–H groups in total. The first-order valence-electron chi connectivity index (χ1n) is 39.5. The number of benzene rings is 8. The Morgan fingerprint density at radius 2 is 0.625 bits per heavy atom. The number of likely N-dealkylation sites (tertiary alicyclic amines) is 2. The van der Waals surface area contributed by atoms with Crippen LogP contribution in [0, 0.1) is 5.92 Å². The highest BCUT2D eigenvalue weighted by atomic mass is 16.3. The number of piperidine rings is 2. The number of aliphatic hydroxyl groups excluding tert-OH is 4. The Kier molecular flexibility index (Phi) is 28.2. The van der Waals surface area contributed by atoms with Crippen molar-refractivity contribution in [3.05, 3.63) is 190 Å². The highest BCUT2D eigenvalue weighted by molar-refractivity contribution is 6.17. The second-order valence-corrected chi connectivity index (χ2v) is 30.4. The average Bonchev–Trinajstić information content (AvgIpc) is 1.63. The van der Waals surface area contributed by atoms with Gasteiger partial charge in [0.25, 0.3) is 0 Å². The first kappa shape index (κ1) is 82.9. The molecule has 588 valence electrons. The summed E-state index contributed by atoms with van der Waals surface area (Å²) in [6, 6.07) is 46.6. The Labute approximate surface area is 654 Å². The van der Waals surface area contributed by atoms with Gasteiger partial charge in [0.05, 0.1) is 19.3 Å². The number of ketones is 8. The van der Waals surface area contributed by atoms with Gasteiger partial charge in [0.2, 0.25) is 0 Å². The average molecular weight is 1520 g/mol. The molecule has 12 aromatic rings. The van der Waals surface area contributed by atoms with Crippen molar-refractivity contribution in [3.63, 3.8) is 0 Å². The van der Waals surface area contributed by atoms with Crippen molar-refractivity contribution >= 4 is 133 Å². The Balaban J connectivity index is 0.000000148. The van der Waals surface area contributed by atoms with Gasteiger partial charge >= 0.3 is 0 Å². The van der Waals surface area contributed by atoms with Crippen LogP contribution in [0.15, 0.2) is 146 Å². The van der Waals surface area contributed by atoms with E-state index in [1.165, 1.54) is 0 Å². The first-order valence-corrected chi connectivity index (χ1v) is 39.5. The Bertz CT molecular complexity index is 5220. The van der Waals surface area contributed by atoms with E-state index in [0.717, 1.165) is 217 Å². The lowest BCUT2D eigenvalue weighted by molar-refractivity contribution is 0.0696. The van der Waals surface area contributed by atoms with Gasteiger partial charge in [-0.25, -0.2) is 0 Å². The third-order valence-electron chi connectivity index (χ3n) is 22.2. The zero-order valence-corrected chi connectivity index (χ0v) is 66.4. The van der Waals surface area contributed by atoms with Crippen molar-refractivity contribution in [2.45, 2.75) is 139 Å². The van der Waals surface area contributed by atoms with E-state index in [0.29, 0.717) is 63.5 Å². The molecule has 20 nitrogen and oxygen atoms in total. The van der Waals surface area contributed by atoms with E-state index in [-0.39, 0.29) is 72.2 Å². The van der Waals surface area contributed by atoms with E-state index >= 15 is 0 Å².